The lowest BCUT2D eigenvalue weighted by molar-refractivity contribution is 0.399. The Morgan fingerprint density at radius 1 is 1.78 bits per heavy atom. The highest BCUT2D eigenvalue weighted by atomic mass is 31.2. The second-order valence-corrected chi connectivity index (χ2v) is 4.84. The van der Waals surface area contributed by atoms with Crippen molar-refractivity contribution in [1.29, 1.82) is 0 Å². The molecule has 0 amide bonds. The van der Waals surface area contributed by atoms with Crippen LogP contribution in [0.1, 0.15) is 6.42 Å². The topological polar surface area (TPSA) is 26.3 Å². The lowest BCUT2D eigenvalue weighted by Gasteiger charge is -2.07. The number of allylic oxidation sites excluding steroid dienone is 1. The third-order valence-electron chi connectivity index (χ3n) is 1.13. The van der Waals surface area contributed by atoms with Crippen LogP contribution in [0.2, 0.25) is 0 Å². The van der Waals surface area contributed by atoms with Gasteiger partial charge in [0.05, 0.1) is 0 Å². The van der Waals surface area contributed by atoms with Crippen molar-refractivity contribution in [3.8, 4) is 0 Å². The van der Waals surface area contributed by atoms with Crippen molar-refractivity contribution in [2.24, 2.45) is 0 Å². The second kappa shape index (κ2) is 3.86. The van der Waals surface area contributed by atoms with Crippen molar-refractivity contribution in [2.75, 3.05) is 19.9 Å². The molecule has 54 valence electrons. The molecule has 3 heteroatoms. The molecule has 0 aliphatic rings. The average Bonchev–Trinajstić information content (AvgIpc) is 1.84. The van der Waals surface area contributed by atoms with Gasteiger partial charge < -0.3 is 4.52 Å². The highest BCUT2D eigenvalue weighted by molar-refractivity contribution is 7.58. The molecule has 0 aromatic heterocycles. The lowest BCUT2D eigenvalue weighted by atomic mass is 10.5. The van der Waals surface area contributed by atoms with Crippen LogP contribution in [0, 0.1) is 0 Å². The van der Waals surface area contributed by atoms with Gasteiger partial charge in [-0.3, -0.25) is 4.57 Å². The first-order chi connectivity index (χ1) is 4.12. The Morgan fingerprint density at radius 2 is 2.33 bits per heavy atom. The molecule has 0 fully saturated rings. The summed E-state index contributed by atoms with van der Waals surface area (Å²) in [5, 5.41) is 0. The first kappa shape index (κ1) is 8.93. The summed E-state index contributed by atoms with van der Waals surface area (Å²) >= 11 is 0. The first-order valence-corrected chi connectivity index (χ1v) is 5.11. The third-order valence-corrected chi connectivity index (χ3v) is 2.97. The van der Waals surface area contributed by atoms with Crippen molar-refractivity contribution >= 4 is 7.37 Å². The summed E-state index contributed by atoms with van der Waals surface area (Å²) in [6.45, 7) is 5.16. The van der Waals surface area contributed by atoms with Gasteiger partial charge in [-0.2, -0.15) is 0 Å². The second-order valence-electron chi connectivity index (χ2n) is 2.00. The van der Waals surface area contributed by atoms with E-state index in [-0.39, 0.29) is 0 Å². The van der Waals surface area contributed by atoms with Crippen molar-refractivity contribution < 1.29 is 9.09 Å². The molecule has 1 unspecified atom stereocenters. The summed E-state index contributed by atoms with van der Waals surface area (Å²) in [7, 11) is -0.785. The molecular formula is C6H13O2P. The van der Waals surface area contributed by atoms with Gasteiger partial charge in [0.1, 0.15) is 0 Å². The first-order valence-electron chi connectivity index (χ1n) is 2.85. The van der Waals surface area contributed by atoms with Crippen molar-refractivity contribution in [2.45, 2.75) is 6.42 Å². The molecule has 0 heterocycles. The fourth-order valence-corrected chi connectivity index (χ4v) is 1.25. The normalized spacial score (nSPS) is 16.7. The maximum atomic E-state index is 11.1. The zero-order valence-electron chi connectivity index (χ0n) is 5.96. The fourth-order valence-electron chi connectivity index (χ4n) is 0.417. The minimum Gasteiger partial charge on any atom is -0.332 e. The molecule has 0 spiro atoms. The number of hydrogen-bond donors (Lipinski definition) is 0. The summed E-state index contributed by atoms with van der Waals surface area (Å²) in [6.07, 6.45) is 3.11. The van der Waals surface area contributed by atoms with Gasteiger partial charge in [0, 0.05) is 19.9 Å². The van der Waals surface area contributed by atoms with E-state index in [4.69, 9.17) is 4.52 Å². The summed E-state index contributed by atoms with van der Waals surface area (Å²) < 4.78 is 15.8. The van der Waals surface area contributed by atoms with Crippen LogP contribution in [0.15, 0.2) is 12.7 Å². The number of hydrogen-bond acceptors (Lipinski definition) is 2. The van der Waals surface area contributed by atoms with Crippen molar-refractivity contribution in [3.05, 3.63) is 12.7 Å². The Hall–Kier alpha value is -0.0700. The molecule has 0 saturated carbocycles. The molecule has 0 saturated heterocycles. The van der Waals surface area contributed by atoms with E-state index >= 15 is 0 Å². The van der Waals surface area contributed by atoms with Crippen LogP contribution in [0.25, 0.3) is 0 Å². The van der Waals surface area contributed by atoms with Crippen LogP contribution >= 0.6 is 7.37 Å². The molecule has 1 atom stereocenters. The van der Waals surface area contributed by atoms with Crippen LogP contribution in [0.4, 0.5) is 0 Å². The quantitative estimate of drug-likeness (QED) is 0.451. The monoisotopic (exact) mass is 148 g/mol. The number of rotatable bonds is 4. The molecule has 0 aromatic rings. The summed E-state index contributed by atoms with van der Waals surface area (Å²) in [4.78, 5) is 0. The van der Waals surface area contributed by atoms with Crippen molar-refractivity contribution in [3.63, 3.8) is 0 Å². The molecule has 0 bridgehead atoms. The molecule has 9 heavy (non-hydrogen) atoms. The molecule has 0 N–H and O–H groups in total. The van der Waals surface area contributed by atoms with Crippen LogP contribution < -0.4 is 0 Å². The van der Waals surface area contributed by atoms with Crippen LogP contribution in [0.3, 0.4) is 0 Å². The van der Waals surface area contributed by atoms with Crippen molar-refractivity contribution in [1.82, 2.24) is 0 Å². The van der Waals surface area contributed by atoms with Crippen LogP contribution in [0.5, 0.6) is 0 Å². The van der Waals surface area contributed by atoms with Crippen LogP contribution in [-0.2, 0) is 9.09 Å². The summed E-state index contributed by atoms with van der Waals surface area (Å²) in [5.41, 5.74) is 0. The molecule has 0 aliphatic heterocycles. The van der Waals surface area contributed by atoms with Gasteiger partial charge in [-0.25, -0.2) is 0 Å². The van der Waals surface area contributed by atoms with E-state index in [1.54, 1.807) is 12.7 Å². The van der Waals surface area contributed by atoms with E-state index in [2.05, 4.69) is 6.58 Å². The molecule has 0 aliphatic carbocycles. The van der Waals surface area contributed by atoms with E-state index in [1.165, 1.54) is 7.11 Å². The predicted octanol–water partition coefficient (Wildman–Crippen LogP) is 2.12. The molecule has 0 radical (unpaired) electrons. The average molecular weight is 148 g/mol. The Morgan fingerprint density at radius 3 is 2.67 bits per heavy atom. The van der Waals surface area contributed by atoms with E-state index in [9.17, 15) is 4.57 Å². The van der Waals surface area contributed by atoms with Gasteiger partial charge in [-0.05, 0) is 6.42 Å². The molecule has 0 aromatic carbocycles. The Labute approximate surface area is 56.4 Å². The van der Waals surface area contributed by atoms with Gasteiger partial charge in [0.15, 0.2) is 7.37 Å². The fraction of sp³-hybridized carbons (Fsp3) is 0.667. The Balaban J connectivity index is 3.58. The smallest absolute Gasteiger partial charge is 0.200 e. The molecule has 2 nitrogen and oxygen atoms in total. The SMILES string of the molecule is C=CCCP(C)(=O)OC. The minimum atomic E-state index is -2.26. The molecule has 0 rings (SSSR count). The third kappa shape index (κ3) is 4.43. The van der Waals surface area contributed by atoms with E-state index in [0.717, 1.165) is 6.42 Å². The standard InChI is InChI=1S/C6H13O2P/c1-4-5-6-9(3,7)8-2/h4H,1,5-6H2,2-3H3. The lowest BCUT2D eigenvalue weighted by Crippen LogP contribution is -1.87. The van der Waals surface area contributed by atoms with Gasteiger partial charge in [0.2, 0.25) is 0 Å². The van der Waals surface area contributed by atoms with Gasteiger partial charge in [-0.1, -0.05) is 6.08 Å². The van der Waals surface area contributed by atoms with E-state index in [1.807, 2.05) is 0 Å². The Kier molecular flexibility index (Phi) is 3.83. The minimum absolute atomic E-state index is 0.604. The summed E-state index contributed by atoms with van der Waals surface area (Å²) in [5.74, 6) is 0. The van der Waals surface area contributed by atoms with E-state index in [0.29, 0.717) is 6.16 Å². The van der Waals surface area contributed by atoms with Crippen LogP contribution in [-0.4, -0.2) is 19.9 Å². The maximum Gasteiger partial charge on any atom is 0.200 e. The van der Waals surface area contributed by atoms with Gasteiger partial charge in [0.25, 0.3) is 0 Å². The Bertz CT molecular complexity index is 131. The zero-order chi connectivity index (χ0) is 7.33. The zero-order valence-corrected chi connectivity index (χ0v) is 6.86. The van der Waals surface area contributed by atoms with Gasteiger partial charge >= 0.3 is 0 Å². The highest BCUT2D eigenvalue weighted by Gasteiger charge is 2.10. The predicted molar refractivity (Wildman–Crippen MR) is 40.2 cm³/mol. The largest absolute Gasteiger partial charge is 0.332 e. The summed E-state index contributed by atoms with van der Waals surface area (Å²) in [6, 6.07) is 0. The van der Waals surface area contributed by atoms with Gasteiger partial charge in [-0.15, -0.1) is 6.58 Å². The van der Waals surface area contributed by atoms with E-state index < -0.39 is 7.37 Å². The molecular weight excluding hydrogens is 135 g/mol. The highest BCUT2D eigenvalue weighted by Crippen LogP contribution is 2.41. The maximum absolute atomic E-state index is 11.1.